The van der Waals surface area contributed by atoms with E-state index in [-0.39, 0.29) is 11.4 Å². The molecule has 1 aromatic heterocycles. The molecule has 5 heteroatoms. The van der Waals surface area contributed by atoms with Gasteiger partial charge in [0, 0.05) is 18.8 Å². The maximum atomic E-state index is 12.0. The Morgan fingerprint density at radius 2 is 1.95 bits per heavy atom. The number of nitrogens with zero attached hydrogens (tertiary/aromatic N) is 3. The van der Waals surface area contributed by atoms with Crippen LogP contribution < -0.4 is 10.5 Å². The third kappa shape index (κ3) is 2.37. The molecule has 0 atom stereocenters. The van der Waals surface area contributed by atoms with Gasteiger partial charge in [0.15, 0.2) is 0 Å². The van der Waals surface area contributed by atoms with Gasteiger partial charge in [-0.05, 0) is 31.0 Å². The number of H-pyrrole nitrogens is 1. The van der Waals surface area contributed by atoms with E-state index in [1.807, 2.05) is 24.3 Å². The summed E-state index contributed by atoms with van der Waals surface area (Å²) in [4.78, 5) is 20.9. The normalized spacial score (nSPS) is 15.8. The Kier molecular flexibility index (Phi) is 3.38. The monoisotopic (exact) mass is 268 g/mol. The van der Waals surface area contributed by atoms with E-state index in [1.165, 1.54) is 25.7 Å². The van der Waals surface area contributed by atoms with Gasteiger partial charge in [-0.25, -0.2) is 4.98 Å². The molecular weight excluding hydrogens is 252 g/mol. The van der Waals surface area contributed by atoms with E-state index in [4.69, 9.17) is 5.26 Å². The first-order valence-electron chi connectivity index (χ1n) is 6.97. The van der Waals surface area contributed by atoms with Crippen LogP contribution in [0.1, 0.15) is 31.5 Å². The van der Waals surface area contributed by atoms with Crippen LogP contribution in [0.3, 0.4) is 0 Å². The van der Waals surface area contributed by atoms with Crippen molar-refractivity contribution in [3.8, 4) is 6.07 Å². The van der Waals surface area contributed by atoms with Crippen molar-refractivity contribution in [2.24, 2.45) is 0 Å². The standard InChI is InChI=1S/C15H16N4O/c16-10-14-17-13-6-5-11(9-12(13)15(20)18-14)19-7-3-1-2-4-8-19/h5-6,9H,1-4,7-8H2,(H,17,18,20). The van der Waals surface area contributed by atoms with Crippen molar-refractivity contribution in [3.63, 3.8) is 0 Å². The molecule has 1 N–H and O–H groups in total. The lowest BCUT2D eigenvalue weighted by atomic mass is 10.2. The average molecular weight is 268 g/mol. The smallest absolute Gasteiger partial charge is 0.259 e. The Bertz CT molecular complexity index is 721. The molecule has 0 saturated carbocycles. The van der Waals surface area contributed by atoms with E-state index in [9.17, 15) is 4.79 Å². The lowest BCUT2D eigenvalue weighted by Crippen LogP contribution is -2.24. The molecule has 102 valence electrons. The molecule has 2 aromatic rings. The van der Waals surface area contributed by atoms with E-state index in [0.29, 0.717) is 10.9 Å². The summed E-state index contributed by atoms with van der Waals surface area (Å²) in [5.74, 6) is 0.0602. The van der Waals surface area contributed by atoms with Gasteiger partial charge >= 0.3 is 0 Å². The first-order chi connectivity index (χ1) is 9.78. The maximum Gasteiger partial charge on any atom is 0.259 e. The van der Waals surface area contributed by atoms with Gasteiger partial charge in [0.05, 0.1) is 10.9 Å². The molecule has 0 radical (unpaired) electrons. The summed E-state index contributed by atoms with van der Waals surface area (Å²) in [6.07, 6.45) is 4.94. The van der Waals surface area contributed by atoms with Gasteiger partial charge in [-0.15, -0.1) is 0 Å². The zero-order chi connectivity index (χ0) is 13.9. The number of anilines is 1. The predicted molar refractivity (Wildman–Crippen MR) is 77.8 cm³/mol. The fraction of sp³-hybridized carbons (Fsp3) is 0.400. The summed E-state index contributed by atoms with van der Waals surface area (Å²) in [6, 6.07) is 7.56. The van der Waals surface area contributed by atoms with Gasteiger partial charge in [0.25, 0.3) is 5.56 Å². The minimum absolute atomic E-state index is 0.0602. The van der Waals surface area contributed by atoms with E-state index in [0.717, 1.165) is 18.8 Å². The van der Waals surface area contributed by atoms with Crippen molar-refractivity contribution in [3.05, 3.63) is 34.4 Å². The van der Waals surface area contributed by atoms with E-state index < -0.39 is 0 Å². The molecule has 0 unspecified atom stereocenters. The predicted octanol–water partition coefficient (Wildman–Crippen LogP) is 2.18. The van der Waals surface area contributed by atoms with Crippen LogP contribution in [0.2, 0.25) is 0 Å². The number of aromatic nitrogens is 2. The second-order valence-corrected chi connectivity index (χ2v) is 5.13. The first-order valence-corrected chi connectivity index (χ1v) is 6.97. The minimum atomic E-state index is -0.247. The molecule has 5 nitrogen and oxygen atoms in total. The summed E-state index contributed by atoms with van der Waals surface area (Å²) >= 11 is 0. The molecular formula is C15H16N4O. The molecule has 1 aromatic carbocycles. The quantitative estimate of drug-likeness (QED) is 0.860. The van der Waals surface area contributed by atoms with Crippen LogP contribution in [0.5, 0.6) is 0 Å². The number of rotatable bonds is 1. The maximum absolute atomic E-state index is 12.0. The van der Waals surface area contributed by atoms with Crippen molar-refractivity contribution >= 4 is 16.6 Å². The molecule has 0 aliphatic carbocycles. The highest BCUT2D eigenvalue weighted by atomic mass is 16.1. The second kappa shape index (κ2) is 5.33. The lowest BCUT2D eigenvalue weighted by molar-refractivity contribution is 0.726. The van der Waals surface area contributed by atoms with E-state index in [2.05, 4.69) is 14.9 Å². The molecule has 0 spiro atoms. The van der Waals surface area contributed by atoms with E-state index >= 15 is 0 Å². The molecule has 2 heterocycles. The number of aromatic amines is 1. The molecule has 0 bridgehead atoms. The van der Waals surface area contributed by atoms with Crippen LogP contribution in [-0.4, -0.2) is 23.1 Å². The Balaban J connectivity index is 2.04. The summed E-state index contributed by atoms with van der Waals surface area (Å²) in [5, 5.41) is 9.37. The molecule has 1 aliphatic heterocycles. The highest BCUT2D eigenvalue weighted by molar-refractivity contribution is 5.82. The van der Waals surface area contributed by atoms with Gasteiger partial charge in [0.2, 0.25) is 5.82 Å². The summed E-state index contributed by atoms with van der Waals surface area (Å²) < 4.78 is 0. The number of nitriles is 1. The lowest BCUT2D eigenvalue weighted by Gasteiger charge is -2.22. The largest absolute Gasteiger partial charge is 0.372 e. The van der Waals surface area contributed by atoms with Crippen LogP contribution in [0.4, 0.5) is 5.69 Å². The fourth-order valence-corrected chi connectivity index (χ4v) is 2.71. The molecule has 20 heavy (non-hydrogen) atoms. The zero-order valence-electron chi connectivity index (χ0n) is 11.2. The molecule has 1 fully saturated rings. The highest BCUT2D eigenvalue weighted by Crippen LogP contribution is 2.22. The number of nitrogens with one attached hydrogen (secondary N) is 1. The molecule has 1 saturated heterocycles. The van der Waals surface area contributed by atoms with Gasteiger partial charge < -0.3 is 4.90 Å². The van der Waals surface area contributed by atoms with Crippen molar-refractivity contribution in [1.82, 2.24) is 9.97 Å². The highest BCUT2D eigenvalue weighted by Gasteiger charge is 2.12. The molecule has 0 amide bonds. The third-order valence-electron chi connectivity index (χ3n) is 3.77. The number of fused-ring (bicyclic) bond motifs is 1. The molecule has 1 aliphatic rings. The van der Waals surface area contributed by atoms with Crippen LogP contribution in [0, 0.1) is 11.3 Å². The van der Waals surface area contributed by atoms with Crippen molar-refractivity contribution in [1.29, 1.82) is 5.26 Å². The van der Waals surface area contributed by atoms with Gasteiger partial charge in [0.1, 0.15) is 6.07 Å². The van der Waals surface area contributed by atoms with Crippen molar-refractivity contribution in [2.75, 3.05) is 18.0 Å². The SMILES string of the molecule is N#Cc1nc2ccc(N3CCCCCC3)cc2c(=O)[nH]1. The van der Waals surface area contributed by atoms with E-state index in [1.54, 1.807) is 0 Å². The first kappa shape index (κ1) is 12.7. The Morgan fingerprint density at radius 1 is 1.20 bits per heavy atom. The summed E-state index contributed by atoms with van der Waals surface area (Å²) in [5.41, 5.74) is 1.39. The van der Waals surface area contributed by atoms with Crippen LogP contribution >= 0.6 is 0 Å². The van der Waals surface area contributed by atoms with Gasteiger partial charge in [-0.2, -0.15) is 5.26 Å². The Morgan fingerprint density at radius 3 is 2.65 bits per heavy atom. The van der Waals surface area contributed by atoms with Crippen molar-refractivity contribution < 1.29 is 0 Å². The average Bonchev–Trinajstić information content (AvgIpc) is 2.76. The van der Waals surface area contributed by atoms with Gasteiger partial charge in [-0.3, -0.25) is 9.78 Å². The van der Waals surface area contributed by atoms with Crippen LogP contribution in [-0.2, 0) is 0 Å². The Labute approximate surface area is 116 Å². The summed E-state index contributed by atoms with van der Waals surface area (Å²) in [6.45, 7) is 2.07. The topological polar surface area (TPSA) is 72.8 Å². The summed E-state index contributed by atoms with van der Waals surface area (Å²) in [7, 11) is 0. The van der Waals surface area contributed by atoms with Crippen LogP contribution in [0.25, 0.3) is 10.9 Å². The number of hydrogen-bond acceptors (Lipinski definition) is 4. The van der Waals surface area contributed by atoms with Gasteiger partial charge in [-0.1, -0.05) is 12.8 Å². The Hall–Kier alpha value is -2.35. The zero-order valence-corrected chi connectivity index (χ0v) is 11.2. The fourth-order valence-electron chi connectivity index (χ4n) is 2.71. The number of hydrogen-bond donors (Lipinski definition) is 1. The second-order valence-electron chi connectivity index (χ2n) is 5.13. The molecule has 3 rings (SSSR count). The minimum Gasteiger partial charge on any atom is -0.372 e. The van der Waals surface area contributed by atoms with Crippen molar-refractivity contribution in [2.45, 2.75) is 25.7 Å². The van der Waals surface area contributed by atoms with Crippen LogP contribution in [0.15, 0.2) is 23.0 Å². The third-order valence-corrected chi connectivity index (χ3v) is 3.77. The number of benzene rings is 1.